The number of hydroxylamine groups is 1. The molecule has 0 saturated heterocycles. The van der Waals surface area contributed by atoms with Crippen LogP contribution in [0, 0.1) is 0 Å². The van der Waals surface area contributed by atoms with Crippen molar-refractivity contribution in [2.24, 2.45) is 0 Å². The number of hydrogen-bond acceptors (Lipinski definition) is 3. The normalized spacial score (nSPS) is 11.3. The molecule has 1 N–H and O–H groups in total. The van der Waals surface area contributed by atoms with E-state index >= 15 is 0 Å². The van der Waals surface area contributed by atoms with Gasteiger partial charge < -0.3 is 4.84 Å². The molecule has 0 aliphatic rings. The standard InChI is InChI=1S/C24H21NO3/c1-2-18-13-15-20(16-14-18)22(19-9-5-3-6-10-19)17-23(26)25-28-24(27)21-11-7-4-8-12-21/h2-16,22H,1,17H2,(H,25,26). The zero-order chi connectivity index (χ0) is 19.8. The first kappa shape index (κ1) is 19.1. The molecular weight excluding hydrogens is 350 g/mol. The van der Waals surface area contributed by atoms with Crippen molar-refractivity contribution in [1.82, 2.24) is 5.48 Å². The van der Waals surface area contributed by atoms with Crippen molar-refractivity contribution in [3.63, 3.8) is 0 Å². The summed E-state index contributed by atoms with van der Waals surface area (Å²) in [6.45, 7) is 3.77. The van der Waals surface area contributed by atoms with E-state index in [1.165, 1.54) is 0 Å². The van der Waals surface area contributed by atoms with Crippen molar-refractivity contribution in [3.8, 4) is 0 Å². The van der Waals surface area contributed by atoms with Crippen LogP contribution in [0.25, 0.3) is 6.08 Å². The SMILES string of the molecule is C=Cc1ccc(C(CC(=O)NOC(=O)c2ccccc2)c2ccccc2)cc1. The third kappa shape index (κ3) is 4.95. The van der Waals surface area contributed by atoms with Gasteiger partial charge in [-0.3, -0.25) is 4.79 Å². The fraction of sp³-hybridized carbons (Fsp3) is 0.0833. The maximum atomic E-state index is 12.5. The molecule has 0 saturated carbocycles. The number of benzene rings is 3. The van der Waals surface area contributed by atoms with Gasteiger partial charge in [-0.15, -0.1) is 0 Å². The van der Waals surface area contributed by atoms with Gasteiger partial charge in [0.1, 0.15) is 0 Å². The van der Waals surface area contributed by atoms with Crippen LogP contribution in [0.3, 0.4) is 0 Å². The Hall–Kier alpha value is -3.66. The minimum Gasteiger partial charge on any atom is -0.335 e. The number of carbonyl (C=O) groups excluding carboxylic acids is 2. The zero-order valence-electron chi connectivity index (χ0n) is 15.4. The first-order valence-corrected chi connectivity index (χ1v) is 9.00. The number of hydrogen-bond donors (Lipinski definition) is 1. The lowest BCUT2D eigenvalue weighted by Crippen LogP contribution is -2.28. The quantitative estimate of drug-likeness (QED) is 0.637. The second-order valence-electron chi connectivity index (χ2n) is 6.32. The van der Waals surface area contributed by atoms with Crippen molar-refractivity contribution >= 4 is 18.0 Å². The molecule has 0 bridgehead atoms. The fourth-order valence-corrected chi connectivity index (χ4v) is 2.94. The van der Waals surface area contributed by atoms with E-state index in [0.29, 0.717) is 5.56 Å². The summed E-state index contributed by atoms with van der Waals surface area (Å²) in [5, 5.41) is 0. The van der Waals surface area contributed by atoms with Gasteiger partial charge in [-0.25, -0.2) is 4.79 Å². The van der Waals surface area contributed by atoms with Gasteiger partial charge in [0.25, 0.3) is 5.91 Å². The van der Waals surface area contributed by atoms with Crippen molar-refractivity contribution in [2.45, 2.75) is 12.3 Å². The molecule has 3 aromatic rings. The highest BCUT2D eigenvalue weighted by molar-refractivity contribution is 5.90. The predicted octanol–water partition coefficient (Wildman–Crippen LogP) is 4.74. The molecule has 1 unspecified atom stereocenters. The molecule has 28 heavy (non-hydrogen) atoms. The van der Waals surface area contributed by atoms with Gasteiger partial charge in [-0.1, -0.05) is 85.5 Å². The summed E-state index contributed by atoms with van der Waals surface area (Å²) in [5.74, 6) is -1.12. The van der Waals surface area contributed by atoms with E-state index in [-0.39, 0.29) is 18.2 Å². The summed E-state index contributed by atoms with van der Waals surface area (Å²) < 4.78 is 0. The van der Waals surface area contributed by atoms with Crippen LogP contribution in [0.5, 0.6) is 0 Å². The molecule has 0 aliphatic heterocycles. The van der Waals surface area contributed by atoms with Gasteiger partial charge in [0.15, 0.2) is 0 Å². The van der Waals surface area contributed by atoms with Gasteiger partial charge in [0.05, 0.1) is 5.56 Å². The second kappa shape index (κ2) is 9.33. The van der Waals surface area contributed by atoms with Crippen LogP contribution >= 0.6 is 0 Å². The van der Waals surface area contributed by atoms with Crippen molar-refractivity contribution < 1.29 is 14.4 Å². The van der Waals surface area contributed by atoms with Crippen LogP contribution in [0.2, 0.25) is 0 Å². The van der Waals surface area contributed by atoms with Gasteiger partial charge in [-0.05, 0) is 28.8 Å². The van der Waals surface area contributed by atoms with Crippen LogP contribution in [-0.2, 0) is 9.63 Å². The lowest BCUT2D eigenvalue weighted by molar-refractivity contribution is -0.130. The fourth-order valence-electron chi connectivity index (χ4n) is 2.94. The van der Waals surface area contributed by atoms with Crippen LogP contribution < -0.4 is 5.48 Å². The van der Waals surface area contributed by atoms with Crippen molar-refractivity contribution in [1.29, 1.82) is 0 Å². The van der Waals surface area contributed by atoms with Crippen LogP contribution in [0.15, 0.2) is 91.5 Å². The molecule has 0 aromatic heterocycles. The average molecular weight is 371 g/mol. The van der Waals surface area contributed by atoms with Gasteiger partial charge in [-0.2, -0.15) is 5.48 Å². The zero-order valence-corrected chi connectivity index (χ0v) is 15.4. The van der Waals surface area contributed by atoms with E-state index in [1.54, 1.807) is 36.4 Å². The molecule has 0 fully saturated rings. The number of amides is 1. The molecule has 4 heteroatoms. The van der Waals surface area contributed by atoms with Crippen LogP contribution in [-0.4, -0.2) is 11.9 Å². The third-order valence-electron chi connectivity index (χ3n) is 4.43. The van der Waals surface area contributed by atoms with Gasteiger partial charge in [0.2, 0.25) is 0 Å². The first-order chi connectivity index (χ1) is 13.7. The van der Waals surface area contributed by atoms with Gasteiger partial charge in [0, 0.05) is 12.3 Å². The number of rotatable bonds is 6. The summed E-state index contributed by atoms with van der Waals surface area (Å²) in [5.41, 5.74) is 5.67. The van der Waals surface area contributed by atoms with Gasteiger partial charge >= 0.3 is 5.97 Å². The maximum Gasteiger partial charge on any atom is 0.362 e. The molecule has 1 amide bonds. The minimum absolute atomic E-state index is 0.152. The molecule has 0 spiro atoms. The summed E-state index contributed by atoms with van der Waals surface area (Å²) in [6.07, 6.45) is 1.93. The largest absolute Gasteiger partial charge is 0.362 e. The summed E-state index contributed by atoms with van der Waals surface area (Å²) in [7, 11) is 0. The smallest absolute Gasteiger partial charge is 0.335 e. The molecule has 3 rings (SSSR count). The molecule has 0 aliphatic carbocycles. The van der Waals surface area contributed by atoms with E-state index in [4.69, 9.17) is 4.84 Å². The molecule has 140 valence electrons. The molecular formula is C24H21NO3. The summed E-state index contributed by atoms with van der Waals surface area (Å²) in [6, 6.07) is 26.2. The Morgan fingerprint density at radius 2 is 1.43 bits per heavy atom. The minimum atomic E-state index is -0.597. The van der Waals surface area contributed by atoms with E-state index in [2.05, 4.69) is 12.1 Å². The van der Waals surface area contributed by atoms with E-state index in [1.807, 2.05) is 54.6 Å². The molecule has 4 nitrogen and oxygen atoms in total. The topological polar surface area (TPSA) is 55.4 Å². The Kier molecular flexibility index (Phi) is 6.37. The second-order valence-corrected chi connectivity index (χ2v) is 6.32. The molecule has 0 radical (unpaired) electrons. The Morgan fingerprint density at radius 3 is 2.04 bits per heavy atom. The van der Waals surface area contributed by atoms with Crippen molar-refractivity contribution in [2.75, 3.05) is 0 Å². The Bertz CT molecular complexity index is 935. The Balaban J connectivity index is 1.71. The molecule has 1 atom stereocenters. The van der Waals surface area contributed by atoms with Crippen LogP contribution in [0.1, 0.15) is 39.4 Å². The predicted molar refractivity (Wildman–Crippen MR) is 109 cm³/mol. The monoisotopic (exact) mass is 371 g/mol. The lowest BCUT2D eigenvalue weighted by Gasteiger charge is -2.18. The number of nitrogens with one attached hydrogen (secondary N) is 1. The lowest BCUT2D eigenvalue weighted by atomic mass is 9.88. The summed E-state index contributed by atoms with van der Waals surface area (Å²) >= 11 is 0. The van der Waals surface area contributed by atoms with E-state index in [0.717, 1.165) is 16.7 Å². The molecule has 3 aromatic carbocycles. The Labute approximate surface area is 164 Å². The highest BCUT2D eigenvalue weighted by Gasteiger charge is 2.19. The summed E-state index contributed by atoms with van der Waals surface area (Å²) in [4.78, 5) is 29.4. The Morgan fingerprint density at radius 1 is 0.857 bits per heavy atom. The van der Waals surface area contributed by atoms with E-state index in [9.17, 15) is 9.59 Å². The molecule has 0 heterocycles. The number of carbonyl (C=O) groups is 2. The maximum absolute atomic E-state index is 12.5. The highest BCUT2D eigenvalue weighted by atomic mass is 16.7. The third-order valence-corrected chi connectivity index (χ3v) is 4.43. The highest BCUT2D eigenvalue weighted by Crippen LogP contribution is 2.28. The van der Waals surface area contributed by atoms with E-state index < -0.39 is 5.97 Å². The average Bonchev–Trinajstić information content (AvgIpc) is 2.77. The van der Waals surface area contributed by atoms with Crippen LogP contribution in [0.4, 0.5) is 0 Å². The first-order valence-electron chi connectivity index (χ1n) is 9.00. The van der Waals surface area contributed by atoms with Crippen molar-refractivity contribution in [3.05, 3.63) is 114 Å².